The lowest BCUT2D eigenvalue weighted by Gasteiger charge is -2.34. The van der Waals surface area contributed by atoms with Crippen molar-refractivity contribution < 1.29 is 4.79 Å². The molecule has 1 amide bonds. The molecule has 5 nitrogen and oxygen atoms in total. The number of nitrogens with two attached hydrogens (primary N) is 2. The predicted molar refractivity (Wildman–Crippen MR) is 103 cm³/mol. The number of primary amides is 1. The van der Waals surface area contributed by atoms with Crippen LogP contribution < -0.4 is 16.8 Å². The fourth-order valence-corrected chi connectivity index (χ4v) is 3.31. The molecule has 130 valence electrons. The highest BCUT2D eigenvalue weighted by molar-refractivity contribution is 6.02. The Morgan fingerprint density at radius 2 is 2.00 bits per heavy atom. The summed E-state index contributed by atoms with van der Waals surface area (Å²) in [5.74, 6) is -0.536. The van der Waals surface area contributed by atoms with E-state index < -0.39 is 5.91 Å². The van der Waals surface area contributed by atoms with Crippen LogP contribution in [0.1, 0.15) is 41.3 Å². The predicted octanol–water partition coefficient (Wildman–Crippen LogP) is 2.76. The molecule has 0 aliphatic carbocycles. The maximum atomic E-state index is 11.4. The van der Waals surface area contributed by atoms with Gasteiger partial charge in [0, 0.05) is 23.7 Å². The van der Waals surface area contributed by atoms with E-state index in [1.165, 1.54) is 18.4 Å². The van der Waals surface area contributed by atoms with E-state index in [9.17, 15) is 4.79 Å². The second kappa shape index (κ2) is 7.07. The number of hydrogen-bond acceptors (Lipinski definition) is 4. The average molecular weight is 336 g/mol. The van der Waals surface area contributed by atoms with Gasteiger partial charge >= 0.3 is 0 Å². The standard InChI is InChI=1S/C20H24N4O/c1-20(10-3-11-23-13-20)15-6-8-16(9-7-15)24-12-14-4-2-5-17(18(14)21)19(22)25/h2,4-9,12,23H,3,10-11,13,21H2,1H3,(H2,22,25). The fourth-order valence-electron chi connectivity index (χ4n) is 3.31. The first-order valence-corrected chi connectivity index (χ1v) is 8.53. The maximum absolute atomic E-state index is 11.4. The number of anilines is 1. The monoisotopic (exact) mass is 336 g/mol. The molecule has 1 aliphatic rings. The molecule has 1 fully saturated rings. The molecular weight excluding hydrogens is 312 g/mol. The molecule has 1 aliphatic heterocycles. The van der Waals surface area contributed by atoms with Crippen LogP contribution in [0.3, 0.4) is 0 Å². The van der Waals surface area contributed by atoms with Crippen molar-refractivity contribution >= 4 is 23.5 Å². The maximum Gasteiger partial charge on any atom is 0.250 e. The first-order chi connectivity index (χ1) is 12.0. The quantitative estimate of drug-likeness (QED) is 0.592. The number of carbonyl (C=O) groups is 1. The lowest BCUT2D eigenvalue weighted by atomic mass is 9.76. The number of piperidine rings is 1. The molecule has 1 unspecified atom stereocenters. The summed E-state index contributed by atoms with van der Waals surface area (Å²) in [7, 11) is 0. The van der Waals surface area contributed by atoms with E-state index in [-0.39, 0.29) is 5.41 Å². The van der Waals surface area contributed by atoms with Crippen LogP contribution in [0, 0.1) is 0 Å². The molecule has 2 aromatic rings. The number of hydrogen-bond donors (Lipinski definition) is 3. The lowest BCUT2D eigenvalue weighted by molar-refractivity contribution is 0.100. The van der Waals surface area contributed by atoms with Crippen molar-refractivity contribution in [3.63, 3.8) is 0 Å². The molecular formula is C20H24N4O. The molecule has 0 aromatic heterocycles. The number of carbonyl (C=O) groups excluding carboxylic acids is 1. The van der Waals surface area contributed by atoms with Gasteiger partial charge in [0.05, 0.1) is 16.9 Å². The number of para-hydroxylation sites is 1. The van der Waals surface area contributed by atoms with Gasteiger partial charge in [-0.15, -0.1) is 0 Å². The summed E-state index contributed by atoms with van der Waals surface area (Å²) < 4.78 is 0. The first kappa shape index (κ1) is 17.2. The van der Waals surface area contributed by atoms with Crippen LogP contribution in [0.4, 0.5) is 11.4 Å². The van der Waals surface area contributed by atoms with Gasteiger partial charge in [-0.3, -0.25) is 9.79 Å². The topological polar surface area (TPSA) is 93.5 Å². The third kappa shape index (κ3) is 3.72. The van der Waals surface area contributed by atoms with Crippen LogP contribution in [-0.4, -0.2) is 25.2 Å². The molecule has 1 heterocycles. The zero-order chi connectivity index (χ0) is 17.9. The molecule has 3 rings (SSSR count). The molecule has 5 heteroatoms. The third-order valence-corrected chi connectivity index (χ3v) is 4.92. The molecule has 0 bridgehead atoms. The van der Waals surface area contributed by atoms with E-state index >= 15 is 0 Å². The molecule has 0 saturated carbocycles. The highest BCUT2D eigenvalue weighted by atomic mass is 16.1. The minimum Gasteiger partial charge on any atom is -0.398 e. The molecule has 1 atom stereocenters. The SMILES string of the molecule is CC1(c2ccc(N=Cc3cccc(C(N)=O)c3N)cc2)CCCNC1. The number of nitrogens with zero attached hydrogens (tertiary/aromatic N) is 1. The number of nitrogen functional groups attached to an aromatic ring is 1. The van der Waals surface area contributed by atoms with Gasteiger partial charge < -0.3 is 16.8 Å². The summed E-state index contributed by atoms with van der Waals surface area (Å²) in [6, 6.07) is 13.5. The Morgan fingerprint density at radius 1 is 1.24 bits per heavy atom. The van der Waals surface area contributed by atoms with Crippen molar-refractivity contribution in [2.24, 2.45) is 10.7 Å². The zero-order valence-electron chi connectivity index (χ0n) is 14.5. The van der Waals surface area contributed by atoms with E-state index in [1.807, 2.05) is 18.2 Å². The summed E-state index contributed by atoms with van der Waals surface area (Å²) in [5, 5.41) is 3.47. The highest BCUT2D eigenvalue weighted by Crippen LogP contribution is 2.31. The number of aliphatic imine (C=N–C) groups is 1. The smallest absolute Gasteiger partial charge is 0.250 e. The van der Waals surface area contributed by atoms with Crippen molar-refractivity contribution in [3.8, 4) is 0 Å². The third-order valence-electron chi connectivity index (χ3n) is 4.92. The van der Waals surface area contributed by atoms with Crippen molar-refractivity contribution in [1.29, 1.82) is 0 Å². The fraction of sp³-hybridized carbons (Fsp3) is 0.300. The van der Waals surface area contributed by atoms with Gasteiger partial charge in [0.25, 0.3) is 5.91 Å². The van der Waals surface area contributed by atoms with Gasteiger partial charge in [0.2, 0.25) is 0 Å². The summed E-state index contributed by atoms with van der Waals surface area (Å²) >= 11 is 0. The number of nitrogens with one attached hydrogen (secondary N) is 1. The van der Waals surface area contributed by atoms with E-state index in [4.69, 9.17) is 11.5 Å². The van der Waals surface area contributed by atoms with Gasteiger partial charge in [-0.05, 0) is 43.1 Å². The van der Waals surface area contributed by atoms with Gasteiger partial charge in [-0.25, -0.2) is 0 Å². The van der Waals surface area contributed by atoms with E-state index in [2.05, 4.69) is 29.4 Å². The normalized spacial score (nSPS) is 20.7. The van der Waals surface area contributed by atoms with Gasteiger partial charge in [0.1, 0.15) is 0 Å². The second-order valence-electron chi connectivity index (χ2n) is 6.82. The van der Waals surface area contributed by atoms with Crippen LogP contribution in [0.2, 0.25) is 0 Å². The molecule has 2 aromatic carbocycles. The van der Waals surface area contributed by atoms with Crippen molar-refractivity contribution in [2.45, 2.75) is 25.2 Å². The molecule has 25 heavy (non-hydrogen) atoms. The average Bonchev–Trinajstić information content (AvgIpc) is 2.61. The molecule has 1 saturated heterocycles. The van der Waals surface area contributed by atoms with Gasteiger partial charge in [-0.1, -0.05) is 31.2 Å². The number of benzene rings is 2. The molecule has 5 N–H and O–H groups in total. The summed E-state index contributed by atoms with van der Waals surface area (Å²) in [6.07, 6.45) is 4.06. The highest BCUT2D eigenvalue weighted by Gasteiger charge is 2.28. The van der Waals surface area contributed by atoms with Crippen LogP contribution in [-0.2, 0) is 5.41 Å². The van der Waals surface area contributed by atoms with Gasteiger partial charge in [0.15, 0.2) is 0 Å². The Kier molecular flexibility index (Phi) is 4.86. The lowest BCUT2D eigenvalue weighted by Crippen LogP contribution is -2.40. The summed E-state index contributed by atoms with van der Waals surface area (Å²) in [6.45, 7) is 4.41. The number of amides is 1. The minimum absolute atomic E-state index is 0.181. The van der Waals surface area contributed by atoms with Crippen molar-refractivity contribution in [2.75, 3.05) is 18.8 Å². The van der Waals surface area contributed by atoms with E-state index in [1.54, 1.807) is 18.3 Å². The number of rotatable bonds is 4. The Bertz CT molecular complexity index is 790. The summed E-state index contributed by atoms with van der Waals surface area (Å²) in [4.78, 5) is 15.8. The first-order valence-electron chi connectivity index (χ1n) is 8.53. The Labute approximate surface area is 148 Å². The largest absolute Gasteiger partial charge is 0.398 e. The minimum atomic E-state index is -0.536. The van der Waals surface area contributed by atoms with Gasteiger partial charge in [-0.2, -0.15) is 0 Å². The van der Waals surface area contributed by atoms with E-state index in [0.29, 0.717) is 16.8 Å². The Balaban J connectivity index is 1.79. The van der Waals surface area contributed by atoms with Crippen LogP contribution in [0.15, 0.2) is 47.5 Å². The Morgan fingerprint density at radius 3 is 2.64 bits per heavy atom. The van der Waals surface area contributed by atoms with Crippen LogP contribution in [0.25, 0.3) is 0 Å². The zero-order valence-corrected chi connectivity index (χ0v) is 14.5. The van der Waals surface area contributed by atoms with Crippen LogP contribution in [0.5, 0.6) is 0 Å². The van der Waals surface area contributed by atoms with E-state index in [0.717, 1.165) is 18.8 Å². The molecule has 0 spiro atoms. The summed E-state index contributed by atoms with van der Waals surface area (Å²) in [5.41, 5.74) is 15.0. The Hall–Kier alpha value is -2.66. The molecule has 0 radical (unpaired) electrons. The van der Waals surface area contributed by atoms with Crippen molar-refractivity contribution in [3.05, 3.63) is 59.2 Å². The second-order valence-corrected chi connectivity index (χ2v) is 6.82. The van der Waals surface area contributed by atoms with Crippen LogP contribution >= 0.6 is 0 Å². The van der Waals surface area contributed by atoms with Crippen molar-refractivity contribution in [1.82, 2.24) is 5.32 Å².